The van der Waals surface area contributed by atoms with Crippen molar-refractivity contribution in [1.82, 2.24) is 4.90 Å². The van der Waals surface area contributed by atoms with E-state index < -0.39 is 55.8 Å². The molecule has 1 aliphatic carbocycles. The maximum atomic E-state index is 13.5. The number of amides is 1. The highest BCUT2D eigenvalue weighted by molar-refractivity contribution is 7.48. The van der Waals surface area contributed by atoms with Crippen LogP contribution >= 0.6 is 19.4 Å². The highest BCUT2D eigenvalue weighted by atomic mass is 35.5. The minimum atomic E-state index is -3.93. The van der Waals surface area contributed by atoms with Crippen LogP contribution in [0.4, 0.5) is 0 Å². The SMILES string of the molecule is CC1(C)O[C@H]2[C@H](N3C=CCC(C(N)=O)=C3)OC3C(OP4(=O)OCCC(c5cccc(Cl)c5)O4)[C@@]32O1. The second kappa shape index (κ2) is 8.13. The molecule has 10 nitrogen and oxygen atoms in total. The van der Waals surface area contributed by atoms with Crippen LogP contribution in [0, 0.1) is 0 Å². The molecule has 0 aromatic heterocycles. The van der Waals surface area contributed by atoms with E-state index in [-0.39, 0.29) is 6.61 Å². The van der Waals surface area contributed by atoms with Crippen LogP contribution in [0.2, 0.25) is 5.02 Å². The van der Waals surface area contributed by atoms with Gasteiger partial charge in [0.2, 0.25) is 5.91 Å². The molecule has 12 heteroatoms. The number of ether oxygens (including phenoxy) is 3. The first kappa shape index (κ1) is 23.6. The average molecular weight is 525 g/mol. The highest BCUT2D eigenvalue weighted by Gasteiger charge is 2.86. The van der Waals surface area contributed by atoms with Gasteiger partial charge in [0.1, 0.15) is 18.3 Å². The van der Waals surface area contributed by atoms with Crippen LogP contribution in [0.15, 0.2) is 48.3 Å². The van der Waals surface area contributed by atoms with Crippen molar-refractivity contribution in [1.29, 1.82) is 0 Å². The first-order valence-corrected chi connectivity index (χ1v) is 13.3. The van der Waals surface area contributed by atoms with Gasteiger partial charge >= 0.3 is 7.82 Å². The maximum absolute atomic E-state index is 13.5. The van der Waals surface area contributed by atoms with Crippen molar-refractivity contribution in [3.8, 4) is 0 Å². The van der Waals surface area contributed by atoms with Crippen molar-refractivity contribution < 1.29 is 37.1 Å². The minimum Gasteiger partial charge on any atom is -0.366 e. The number of benzene rings is 1. The van der Waals surface area contributed by atoms with E-state index in [4.69, 9.17) is 45.1 Å². The van der Waals surface area contributed by atoms with E-state index >= 15 is 0 Å². The Morgan fingerprint density at radius 2 is 2.14 bits per heavy atom. The van der Waals surface area contributed by atoms with Crippen molar-refractivity contribution in [3.05, 3.63) is 58.9 Å². The molecule has 1 aromatic carbocycles. The van der Waals surface area contributed by atoms with Gasteiger partial charge in [-0.1, -0.05) is 29.8 Å². The van der Waals surface area contributed by atoms with Gasteiger partial charge in [0.15, 0.2) is 17.6 Å². The lowest BCUT2D eigenvalue weighted by molar-refractivity contribution is -0.185. The Hall–Kier alpha value is -1.75. The topological polar surface area (TPSA) is 119 Å². The summed E-state index contributed by atoms with van der Waals surface area (Å²) in [5.74, 6) is -1.42. The van der Waals surface area contributed by atoms with Gasteiger partial charge in [-0.25, -0.2) is 4.57 Å². The van der Waals surface area contributed by atoms with Crippen LogP contribution in [0.1, 0.15) is 38.4 Å². The number of phosphoric ester groups is 1. The number of halogens is 1. The van der Waals surface area contributed by atoms with Crippen LogP contribution in [-0.2, 0) is 37.1 Å². The number of nitrogens with two attached hydrogens (primary N) is 1. The van der Waals surface area contributed by atoms with Gasteiger partial charge in [0.05, 0.1) is 12.7 Å². The third-order valence-electron chi connectivity index (χ3n) is 6.76. The van der Waals surface area contributed by atoms with E-state index in [1.54, 1.807) is 37.1 Å². The van der Waals surface area contributed by atoms with Crippen LogP contribution in [-0.4, -0.2) is 53.3 Å². The number of phosphoric acid groups is 1. The molecular weight excluding hydrogens is 499 g/mol. The van der Waals surface area contributed by atoms with Crippen molar-refractivity contribution >= 4 is 25.3 Å². The molecule has 0 radical (unpaired) electrons. The molecule has 2 N–H and O–H groups in total. The van der Waals surface area contributed by atoms with Crippen molar-refractivity contribution in [3.63, 3.8) is 0 Å². The van der Waals surface area contributed by atoms with Crippen molar-refractivity contribution in [2.45, 2.75) is 68.7 Å². The van der Waals surface area contributed by atoms with Gasteiger partial charge in [-0.05, 0) is 38.0 Å². The summed E-state index contributed by atoms with van der Waals surface area (Å²) < 4.78 is 49.5. The molecule has 35 heavy (non-hydrogen) atoms. The van der Waals surface area contributed by atoms with E-state index in [2.05, 4.69) is 0 Å². The molecule has 0 bridgehead atoms. The smallest absolute Gasteiger partial charge is 0.366 e. The molecule has 4 heterocycles. The van der Waals surface area contributed by atoms with Gasteiger partial charge in [0.25, 0.3) is 0 Å². The van der Waals surface area contributed by atoms with Gasteiger partial charge in [0, 0.05) is 29.4 Å². The third kappa shape index (κ3) is 3.97. The molecule has 4 unspecified atom stereocenters. The fraction of sp³-hybridized carbons (Fsp3) is 0.522. The van der Waals surface area contributed by atoms with Gasteiger partial charge in [-0.2, -0.15) is 0 Å². The molecule has 4 fully saturated rings. The molecule has 1 spiro atoms. The van der Waals surface area contributed by atoms with Crippen LogP contribution in [0.3, 0.4) is 0 Å². The fourth-order valence-corrected chi connectivity index (χ4v) is 7.04. The van der Waals surface area contributed by atoms with Gasteiger partial charge in [-0.3, -0.25) is 18.4 Å². The molecule has 1 aromatic rings. The second-order valence-corrected chi connectivity index (χ2v) is 11.7. The number of allylic oxidation sites excluding steroid dienone is 1. The lowest BCUT2D eigenvalue weighted by Gasteiger charge is -2.33. The number of primary amides is 1. The molecular formula is C23H26ClN2O8P. The summed E-state index contributed by atoms with van der Waals surface area (Å²) in [6.07, 6.45) is 3.31. The molecule has 4 aliphatic heterocycles. The predicted octanol–water partition coefficient (Wildman–Crippen LogP) is 3.53. The maximum Gasteiger partial charge on any atom is 0.475 e. The quantitative estimate of drug-likeness (QED) is 0.577. The van der Waals surface area contributed by atoms with Crippen LogP contribution in [0.25, 0.3) is 0 Å². The van der Waals surface area contributed by atoms with Gasteiger partial charge in [-0.15, -0.1) is 0 Å². The molecule has 3 saturated heterocycles. The summed E-state index contributed by atoms with van der Waals surface area (Å²) >= 11 is 6.11. The molecule has 6 rings (SSSR count). The summed E-state index contributed by atoms with van der Waals surface area (Å²) in [7, 11) is -3.93. The standard InChI is InChI=1S/C23H26ClN2O8P/c1-22(2)31-19-21(26-9-4-6-14(12-26)20(25)27)30-17-18(23(17,19)34-22)33-35(28)29-10-8-16(32-35)13-5-3-7-15(24)11-13/h3-5,7,9,11-12,16-19,21H,6,8,10H2,1-2H3,(H2,25,27)/t16?,17?,18?,19-,21+,23-,35?/m0/s1. The first-order chi connectivity index (χ1) is 16.6. The highest BCUT2D eigenvalue weighted by Crippen LogP contribution is 2.68. The number of hydrogen-bond acceptors (Lipinski definition) is 9. The summed E-state index contributed by atoms with van der Waals surface area (Å²) in [5, 5.41) is 0.560. The number of nitrogens with zero attached hydrogens (tertiary/aromatic N) is 1. The zero-order chi connectivity index (χ0) is 24.6. The van der Waals surface area contributed by atoms with E-state index in [9.17, 15) is 9.36 Å². The lowest BCUT2D eigenvalue weighted by atomic mass is 10.1. The molecule has 1 amide bonds. The van der Waals surface area contributed by atoms with E-state index in [1.807, 2.05) is 24.4 Å². The number of hydrogen-bond donors (Lipinski definition) is 1. The molecule has 7 atom stereocenters. The average Bonchev–Trinajstić information content (AvgIpc) is 3.07. The first-order valence-electron chi connectivity index (χ1n) is 11.5. The number of carbonyl (C=O) groups excluding carboxylic acids is 1. The Morgan fingerprint density at radius 1 is 1.31 bits per heavy atom. The van der Waals surface area contributed by atoms with Crippen LogP contribution < -0.4 is 5.73 Å². The Morgan fingerprint density at radius 3 is 2.91 bits per heavy atom. The van der Waals surface area contributed by atoms with Crippen molar-refractivity contribution in [2.75, 3.05) is 6.61 Å². The van der Waals surface area contributed by atoms with E-state index in [0.717, 1.165) is 5.56 Å². The Labute approximate surface area is 207 Å². The summed E-state index contributed by atoms with van der Waals surface area (Å²) in [5.41, 5.74) is 5.72. The third-order valence-corrected chi connectivity index (χ3v) is 8.49. The predicted molar refractivity (Wildman–Crippen MR) is 123 cm³/mol. The monoisotopic (exact) mass is 524 g/mol. The fourth-order valence-electron chi connectivity index (χ4n) is 5.25. The number of carbonyl (C=O) groups is 1. The summed E-state index contributed by atoms with van der Waals surface area (Å²) in [4.78, 5) is 13.4. The van der Waals surface area contributed by atoms with Gasteiger partial charge < -0.3 is 24.8 Å². The van der Waals surface area contributed by atoms with Crippen LogP contribution in [0.5, 0.6) is 0 Å². The van der Waals surface area contributed by atoms with E-state index in [1.165, 1.54) is 0 Å². The van der Waals surface area contributed by atoms with Crippen molar-refractivity contribution in [2.24, 2.45) is 5.73 Å². The zero-order valence-corrected chi connectivity index (χ0v) is 20.8. The molecule has 188 valence electrons. The largest absolute Gasteiger partial charge is 0.475 e. The van der Waals surface area contributed by atoms with E-state index in [0.29, 0.717) is 23.4 Å². The summed E-state index contributed by atoms with van der Waals surface area (Å²) in [6.45, 7) is 3.80. The zero-order valence-electron chi connectivity index (χ0n) is 19.2. The second-order valence-electron chi connectivity index (χ2n) is 9.64. The lowest BCUT2D eigenvalue weighted by Crippen LogP contribution is -2.45. The minimum absolute atomic E-state index is 0.202. The Kier molecular flexibility index (Phi) is 5.49. The Balaban J connectivity index is 1.21. The summed E-state index contributed by atoms with van der Waals surface area (Å²) in [6, 6.07) is 7.20. The molecule has 5 aliphatic rings. The normalized spacial score (nSPS) is 41.3. The molecule has 1 saturated carbocycles. The Bertz CT molecular complexity index is 1170. The number of rotatable bonds is 5.